The molecule has 3 saturated carbocycles. The number of ether oxygens (including phenoxy) is 1. The molecule has 4 aliphatic rings. The minimum absolute atomic E-state index is 0.117. The molecule has 1 aromatic rings. The highest BCUT2D eigenvalue weighted by atomic mass is 19.1. The predicted molar refractivity (Wildman–Crippen MR) is 94.3 cm³/mol. The van der Waals surface area contributed by atoms with Crippen LogP contribution in [0.15, 0.2) is 6.20 Å². The molecule has 0 spiro atoms. The lowest BCUT2D eigenvalue weighted by molar-refractivity contribution is -0.142. The van der Waals surface area contributed by atoms with E-state index in [2.05, 4.69) is 10.9 Å². The number of amides is 1. The van der Waals surface area contributed by atoms with Crippen LogP contribution < -0.4 is 0 Å². The molecule has 1 aromatic heterocycles. The summed E-state index contributed by atoms with van der Waals surface area (Å²) in [6, 6.07) is 0. The SMILES string of the molecule is O=C(C1CC(F)C1)N1Cc2cn(CC3CC3)nc2[C@H](COCC2CC2)C1. The summed E-state index contributed by atoms with van der Waals surface area (Å²) in [7, 11) is 0. The van der Waals surface area contributed by atoms with E-state index in [1.807, 2.05) is 4.90 Å². The number of hydrogen-bond donors (Lipinski definition) is 0. The Morgan fingerprint density at radius 3 is 2.65 bits per heavy atom. The summed E-state index contributed by atoms with van der Waals surface area (Å²) in [6.45, 7) is 3.72. The van der Waals surface area contributed by atoms with Gasteiger partial charge in [-0.3, -0.25) is 9.48 Å². The van der Waals surface area contributed by atoms with Crippen LogP contribution in [0.5, 0.6) is 0 Å². The van der Waals surface area contributed by atoms with Gasteiger partial charge in [0.25, 0.3) is 0 Å². The lowest BCUT2D eigenvalue weighted by Gasteiger charge is -2.37. The molecule has 0 saturated heterocycles. The van der Waals surface area contributed by atoms with Crippen LogP contribution in [0.2, 0.25) is 0 Å². The molecule has 5 rings (SSSR count). The molecule has 0 unspecified atom stereocenters. The van der Waals surface area contributed by atoms with Gasteiger partial charge in [-0.1, -0.05) is 0 Å². The molecule has 0 aromatic carbocycles. The number of alkyl halides is 1. The van der Waals surface area contributed by atoms with Crippen molar-refractivity contribution in [3.63, 3.8) is 0 Å². The van der Waals surface area contributed by atoms with Crippen LogP contribution in [0.4, 0.5) is 4.39 Å². The van der Waals surface area contributed by atoms with Crippen molar-refractivity contribution in [2.45, 2.75) is 63.7 Å². The van der Waals surface area contributed by atoms with E-state index in [1.54, 1.807) is 0 Å². The zero-order chi connectivity index (χ0) is 17.7. The van der Waals surface area contributed by atoms with Gasteiger partial charge in [0, 0.05) is 49.8 Å². The lowest BCUT2D eigenvalue weighted by Crippen LogP contribution is -2.46. The molecule has 1 aliphatic heterocycles. The van der Waals surface area contributed by atoms with E-state index in [0.29, 0.717) is 32.5 Å². The lowest BCUT2D eigenvalue weighted by atomic mass is 9.81. The molecule has 6 heteroatoms. The van der Waals surface area contributed by atoms with Crippen molar-refractivity contribution in [2.24, 2.45) is 17.8 Å². The Labute approximate surface area is 153 Å². The molecule has 1 amide bonds. The third kappa shape index (κ3) is 3.53. The van der Waals surface area contributed by atoms with Crippen molar-refractivity contribution in [3.05, 3.63) is 17.5 Å². The third-order valence-electron chi connectivity index (χ3n) is 6.31. The van der Waals surface area contributed by atoms with Crippen LogP contribution >= 0.6 is 0 Å². The maximum atomic E-state index is 13.2. The van der Waals surface area contributed by atoms with Gasteiger partial charge in [0.1, 0.15) is 6.17 Å². The average molecular weight is 361 g/mol. The number of carbonyl (C=O) groups is 1. The number of rotatable bonds is 7. The maximum absolute atomic E-state index is 13.2. The minimum Gasteiger partial charge on any atom is -0.380 e. The minimum atomic E-state index is -0.789. The van der Waals surface area contributed by atoms with E-state index in [1.165, 1.54) is 25.7 Å². The number of aromatic nitrogens is 2. The number of fused-ring (bicyclic) bond motifs is 1. The summed E-state index contributed by atoms with van der Waals surface area (Å²) in [5.41, 5.74) is 2.27. The summed E-state index contributed by atoms with van der Waals surface area (Å²) in [5, 5.41) is 4.85. The van der Waals surface area contributed by atoms with Gasteiger partial charge in [0.05, 0.1) is 12.3 Å². The Balaban J connectivity index is 1.30. The molecular formula is C20H28FN3O2. The van der Waals surface area contributed by atoms with E-state index in [9.17, 15) is 9.18 Å². The van der Waals surface area contributed by atoms with Crippen molar-refractivity contribution in [3.8, 4) is 0 Å². The fourth-order valence-electron chi connectivity index (χ4n) is 4.19. The highest BCUT2D eigenvalue weighted by Gasteiger charge is 2.40. The van der Waals surface area contributed by atoms with Crippen LogP contribution in [-0.2, 0) is 22.6 Å². The van der Waals surface area contributed by atoms with Gasteiger partial charge in [-0.2, -0.15) is 5.10 Å². The quantitative estimate of drug-likeness (QED) is 0.750. The Kier molecular flexibility index (Phi) is 4.26. The number of halogens is 1. The van der Waals surface area contributed by atoms with Gasteiger partial charge in [-0.05, 0) is 50.4 Å². The van der Waals surface area contributed by atoms with Gasteiger partial charge in [-0.15, -0.1) is 0 Å². The van der Waals surface area contributed by atoms with Gasteiger partial charge < -0.3 is 9.64 Å². The standard InChI is InChI=1S/C20H28FN3O2/c21-18-5-15(6-18)20(25)23-8-16-10-24(7-13-1-2-13)22-19(16)17(9-23)12-26-11-14-3-4-14/h10,13-15,17-18H,1-9,11-12H2/t15?,17-,18?/m0/s1. The third-order valence-corrected chi connectivity index (χ3v) is 6.31. The Morgan fingerprint density at radius 1 is 1.19 bits per heavy atom. The molecule has 0 bridgehead atoms. The first-order valence-electron chi connectivity index (χ1n) is 10.2. The van der Waals surface area contributed by atoms with Crippen LogP contribution in [0, 0.1) is 17.8 Å². The fourth-order valence-corrected chi connectivity index (χ4v) is 4.19. The average Bonchev–Trinajstić information content (AvgIpc) is 3.51. The van der Waals surface area contributed by atoms with Crippen molar-refractivity contribution in [1.82, 2.24) is 14.7 Å². The number of carbonyl (C=O) groups excluding carboxylic acids is 1. The summed E-state index contributed by atoms with van der Waals surface area (Å²) < 4.78 is 21.2. The zero-order valence-corrected chi connectivity index (χ0v) is 15.3. The van der Waals surface area contributed by atoms with Gasteiger partial charge >= 0.3 is 0 Å². The van der Waals surface area contributed by atoms with Crippen LogP contribution in [0.3, 0.4) is 0 Å². The Morgan fingerprint density at radius 2 is 1.96 bits per heavy atom. The normalized spacial score (nSPS) is 30.8. The molecule has 0 radical (unpaired) electrons. The number of nitrogens with zero attached hydrogens (tertiary/aromatic N) is 3. The number of hydrogen-bond acceptors (Lipinski definition) is 3. The van der Waals surface area contributed by atoms with Crippen molar-refractivity contribution in [1.29, 1.82) is 0 Å². The second-order valence-electron chi connectivity index (χ2n) is 8.87. The molecule has 3 fully saturated rings. The summed E-state index contributed by atoms with van der Waals surface area (Å²) in [6.07, 6.45) is 7.29. The summed E-state index contributed by atoms with van der Waals surface area (Å²) in [4.78, 5) is 14.7. The monoisotopic (exact) mass is 361 g/mol. The molecule has 2 heterocycles. The van der Waals surface area contributed by atoms with Gasteiger partial charge in [0.15, 0.2) is 0 Å². The summed E-state index contributed by atoms with van der Waals surface area (Å²) >= 11 is 0. The predicted octanol–water partition coefficient (Wildman–Crippen LogP) is 2.89. The second kappa shape index (κ2) is 6.63. The van der Waals surface area contributed by atoms with E-state index < -0.39 is 6.17 Å². The molecule has 142 valence electrons. The largest absolute Gasteiger partial charge is 0.380 e. The van der Waals surface area contributed by atoms with Crippen LogP contribution in [0.25, 0.3) is 0 Å². The van der Waals surface area contributed by atoms with E-state index >= 15 is 0 Å². The van der Waals surface area contributed by atoms with Crippen LogP contribution in [0.1, 0.15) is 55.7 Å². The first-order valence-corrected chi connectivity index (χ1v) is 10.2. The smallest absolute Gasteiger partial charge is 0.226 e. The fraction of sp³-hybridized carbons (Fsp3) is 0.800. The van der Waals surface area contributed by atoms with Gasteiger partial charge in [0.2, 0.25) is 5.91 Å². The Bertz CT molecular complexity index is 677. The van der Waals surface area contributed by atoms with Crippen molar-refractivity contribution < 1.29 is 13.9 Å². The topological polar surface area (TPSA) is 47.4 Å². The first kappa shape index (κ1) is 16.7. The maximum Gasteiger partial charge on any atom is 0.226 e. The second-order valence-corrected chi connectivity index (χ2v) is 8.87. The molecular weight excluding hydrogens is 333 g/mol. The van der Waals surface area contributed by atoms with E-state index in [4.69, 9.17) is 9.84 Å². The molecule has 1 atom stereocenters. The Hall–Kier alpha value is -1.43. The summed E-state index contributed by atoms with van der Waals surface area (Å²) in [5.74, 6) is 1.64. The highest BCUT2D eigenvalue weighted by molar-refractivity contribution is 5.80. The van der Waals surface area contributed by atoms with E-state index in [0.717, 1.165) is 36.2 Å². The highest BCUT2D eigenvalue weighted by Crippen LogP contribution is 2.36. The zero-order valence-electron chi connectivity index (χ0n) is 15.3. The first-order chi connectivity index (χ1) is 12.7. The van der Waals surface area contributed by atoms with Crippen LogP contribution in [-0.4, -0.2) is 46.5 Å². The van der Waals surface area contributed by atoms with Crippen molar-refractivity contribution >= 4 is 5.91 Å². The molecule has 3 aliphatic carbocycles. The molecule has 0 N–H and O–H groups in total. The molecule has 5 nitrogen and oxygen atoms in total. The van der Waals surface area contributed by atoms with Gasteiger partial charge in [-0.25, -0.2) is 4.39 Å². The van der Waals surface area contributed by atoms with E-state index in [-0.39, 0.29) is 17.7 Å². The molecule has 26 heavy (non-hydrogen) atoms. The van der Waals surface area contributed by atoms with Crippen molar-refractivity contribution in [2.75, 3.05) is 19.8 Å².